The average Bonchev–Trinajstić information content (AvgIpc) is 2.93. The van der Waals surface area contributed by atoms with E-state index in [2.05, 4.69) is 5.10 Å². The number of nitrogens with zero attached hydrogens (tertiary/aromatic N) is 2. The molecule has 0 saturated heterocycles. The Morgan fingerprint density at radius 3 is 2.68 bits per heavy atom. The molecule has 0 saturated carbocycles. The van der Waals surface area contributed by atoms with Crippen LogP contribution >= 0.6 is 0 Å². The molecule has 5 heteroatoms. The van der Waals surface area contributed by atoms with Gasteiger partial charge in [-0.05, 0) is 32.1 Å². The molecule has 1 aromatic heterocycles. The summed E-state index contributed by atoms with van der Waals surface area (Å²) in [6, 6.07) is 5.53. The molecule has 1 heterocycles. The van der Waals surface area contributed by atoms with E-state index in [1.165, 1.54) is 6.08 Å². The van der Waals surface area contributed by atoms with E-state index < -0.39 is 0 Å². The Hall–Kier alpha value is -2.56. The summed E-state index contributed by atoms with van der Waals surface area (Å²) >= 11 is 0. The van der Waals surface area contributed by atoms with Gasteiger partial charge in [-0.1, -0.05) is 12.1 Å². The number of benzene rings is 1. The van der Waals surface area contributed by atoms with Crippen LogP contribution in [0.15, 0.2) is 30.5 Å². The molecule has 2 aromatic rings. The summed E-state index contributed by atoms with van der Waals surface area (Å²) in [4.78, 5) is 12.3. The van der Waals surface area contributed by atoms with Crippen LogP contribution in [-0.2, 0) is 6.54 Å². The highest BCUT2D eigenvalue weighted by atomic mass is 16.5. The summed E-state index contributed by atoms with van der Waals surface area (Å²) in [6.07, 6.45) is 5.03. The van der Waals surface area contributed by atoms with E-state index in [1.807, 2.05) is 32.0 Å². The Labute approximate surface area is 130 Å². The third-order valence-corrected chi connectivity index (χ3v) is 3.38. The van der Waals surface area contributed by atoms with Crippen molar-refractivity contribution in [1.82, 2.24) is 9.78 Å². The minimum Gasteiger partial charge on any atom is -0.493 e. The molecule has 2 rings (SSSR count). The third-order valence-electron chi connectivity index (χ3n) is 3.38. The molecule has 0 aliphatic carbocycles. The summed E-state index contributed by atoms with van der Waals surface area (Å²) in [6.45, 7) is 4.55. The first-order valence-electron chi connectivity index (χ1n) is 7.08. The van der Waals surface area contributed by atoms with Gasteiger partial charge < -0.3 is 9.47 Å². The van der Waals surface area contributed by atoms with E-state index >= 15 is 0 Å². The zero-order chi connectivity index (χ0) is 16.1. The van der Waals surface area contributed by atoms with Crippen LogP contribution in [0.3, 0.4) is 0 Å². The van der Waals surface area contributed by atoms with E-state index in [9.17, 15) is 4.79 Å². The lowest BCUT2D eigenvalue weighted by molar-refractivity contribution is 0.104. The first-order chi connectivity index (χ1) is 10.6. The maximum Gasteiger partial charge on any atom is 0.189 e. The number of carbonyl (C=O) groups is 1. The molecule has 0 aliphatic heterocycles. The summed E-state index contributed by atoms with van der Waals surface area (Å²) in [5.74, 6) is 1.16. The van der Waals surface area contributed by atoms with Crippen LogP contribution in [-0.4, -0.2) is 29.8 Å². The van der Waals surface area contributed by atoms with Gasteiger partial charge in [-0.25, -0.2) is 0 Å². The fraction of sp³-hybridized carbons (Fsp3) is 0.294. The second-order valence-corrected chi connectivity index (χ2v) is 4.76. The molecule has 116 valence electrons. The highest BCUT2D eigenvalue weighted by Crippen LogP contribution is 2.31. The molecule has 0 amide bonds. The molecule has 0 spiro atoms. The molecule has 5 nitrogen and oxygen atoms in total. The Bertz CT molecular complexity index is 702. The second-order valence-electron chi connectivity index (χ2n) is 4.76. The van der Waals surface area contributed by atoms with E-state index in [-0.39, 0.29) is 5.78 Å². The quantitative estimate of drug-likeness (QED) is 0.607. The number of rotatable bonds is 6. The van der Waals surface area contributed by atoms with Crippen molar-refractivity contribution in [2.75, 3.05) is 14.2 Å². The molecule has 0 atom stereocenters. The van der Waals surface area contributed by atoms with Gasteiger partial charge in [0.1, 0.15) is 0 Å². The van der Waals surface area contributed by atoms with Crippen LogP contribution in [0.4, 0.5) is 0 Å². The largest absolute Gasteiger partial charge is 0.493 e. The molecule has 0 N–H and O–H groups in total. The number of aromatic nitrogens is 2. The SMILES string of the molecule is CCn1cc(C(=O)/C=C/c2cccc(OC)c2OC)c(C)n1. The van der Waals surface area contributed by atoms with Crippen LogP contribution in [0.1, 0.15) is 28.5 Å². The summed E-state index contributed by atoms with van der Waals surface area (Å²) in [5, 5.41) is 4.28. The number of carbonyl (C=O) groups excluding carboxylic acids is 1. The molecule has 0 radical (unpaired) electrons. The fourth-order valence-electron chi connectivity index (χ4n) is 2.22. The van der Waals surface area contributed by atoms with Crippen LogP contribution in [0.5, 0.6) is 11.5 Å². The first-order valence-corrected chi connectivity index (χ1v) is 7.08. The number of hydrogen-bond acceptors (Lipinski definition) is 4. The number of aryl methyl sites for hydroxylation is 2. The smallest absolute Gasteiger partial charge is 0.189 e. The molecular formula is C17H20N2O3. The highest BCUT2D eigenvalue weighted by Gasteiger charge is 2.11. The molecule has 1 aromatic carbocycles. The highest BCUT2D eigenvalue weighted by molar-refractivity contribution is 6.07. The van der Waals surface area contributed by atoms with E-state index in [0.29, 0.717) is 17.1 Å². The summed E-state index contributed by atoms with van der Waals surface area (Å²) in [7, 11) is 3.16. The van der Waals surface area contributed by atoms with E-state index in [4.69, 9.17) is 9.47 Å². The van der Waals surface area contributed by atoms with Crippen molar-refractivity contribution in [2.45, 2.75) is 20.4 Å². The number of allylic oxidation sites excluding steroid dienone is 1. The molecule has 0 bridgehead atoms. The van der Waals surface area contributed by atoms with Gasteiger partial charge in [0.05, 0.1) is 25.5 Å². The first kappa shape index (κ1) is 15.8. The van der Waals surface area contributed by atoms with Gasteiger partial charge >= 0.3 is 0 Å². The van der Waals surface area contributed by atoms with Crippen LogP contribution < -0.4 is 9.47 Å². The van der Waals surface area contributed by atoms with Gasteiger partial charge in [0, 0.05) is 18.3 Å². The van der Waals surface area contributed by atoms with Crippen molar-refractivity contribution >= 4 is 11.9 Å². The average molecular weight is 300 g/mol. The Morgan fingerprint density at radius 1 is 1.32 bits per heavy atom. The number of hydrogen-bond donors (Lipinski definition) is 0. The van der Waals surface area contributed by atoms with Crippen LogP contribution in [0.2, 0.25) is 0 Å². The monoisotopic (exact) mass is 300 g/mol. The van der Waals surface area contributed by atoms with Crippen molar-refractivity contribution in [3.05, 3.63) is 47.3 Å². The van der Waals surface area contributed by atoms with Crippen molar-refractivity contribution in [2.24, 2.45) is 0 Å². The minimum absolute atomic E-state index is 0.0814. The van der Waals surface area contributed by atoms with Gasteiger partial charge in [0.2, 0.25) is 0 Å². The van der Waals surface area contributed by atoms with Crippen LogP contribution in [0.25, 0.3) is 6.08 Å². The van der Waals surface area contributed by atoms with Gasteiger partial charge in [-0.3, -0.25) is 9.48 Å². The topological polar surface area (TPSA) is 53.4 Å². The van der Waals surface area contributed by atoms with Gasteiger partial charge in [-0.15, -0.1) is 0 Å². The second kappa shape index (κ2) is 6.93. The summed E-state index contributed by atoms with van der Waals surface area (Å²) < 4.78 is 12.3. The zero-order valence-corrected chi connectivity index (χ0v) is 13.3. The lowest BCUT2D eigenvalue weighted by atomic mass is 10.1. The molecular weight excluding hydrogens is 280 g/mol. The van der Waals surface area contributed by atoms with E-state index in [1.54, 1.807) is 31.2 Å². The number of ketones is 1. The van der Waals surface area contributed by atoms with Gasteiger partial charge in [-0.2, -0.15) is 5.10 Å². The van der Waals surface area contributed by atoms with Crippen molar-refractivity contribution in [3.8, 4) is 11.5 Å². The van der Waals surface area contributed by atoms with Crippen molar-refractivity contribution < 1.29 is 14.3 Å². The van der Waals surface area contributed by atoms with Crippen molar-refractivity contribution in [3.63, 3.8) is 0 Å². The predicted molar refractivity (Wildman–Crippen MR) is 85.5 cm³/mol. The molecule has 0 fully saturated rings. The van der Waals surface area contributed by atoms with Gasteiger partial charge in [0.25, 0.3) is 0 Å². The third kappa shape index (κ3) is 3.19. The Morgan fingerprint density at radius 2 is 2.09 bits per heavy atom. The van der Waals surface area contributed by atoms with E-state index in [0.717, 1.165) is 17.8 Å². The maximum atomic E-state index is 12.3. The normalized spacial score (nSPS) is 10.9. The lowest BCUT2D eigenvalue weighted by Crippen LogP contribution is -1.96. The maximum absolute atomic E-state index is 12.3. The minimum atomic E-state index is -0.0814. The number of methoxy groups -OCH3 is 2. The predicted octanol–water partition coefficient (Wildman–Crippen LogP) is 3.12. The summed E-state index contributed by atoms with van der Waals surface area (Å²) in [5.41, 5.74) is 2.13. The van der Waals surface area contributed by atoms with Gasteiger partial charge in [0.15, 0.2) is 17.3 Å². The van der Waals surface area contributed by atoms with Crippen LogP contribution in [0, 0.1) is 6.92 Å². The number of para-hydroxylation sites is 1. The molecule has 0 aliphatic rings. The van der Waals surface area contributed by atoms with Crippen molar-refractivity contribution in [1.29, 1.82) is 0 Å². The number of ether oxygens (including phenoxy) is 2. The Balaban J connectivity index is 2.28. The molecule has 22 heavy (non-hydrogen) atoms. The standard InChI is InChI=1S/C17H20N2O3/c1-5-19-11-14(12(2)18-19)15(20)10-9-13-7-6-8-16(21-3)17(13)22-4/h6-11H,5H2,1-4H3/b10-9+. The lowest BCUT2D eigenvalue weighted by Gasteiger charge is -2.09. The fourth-order valence-corrected chi connectivity index (χ4v) is 2.22. The zero-order valence-electron chi connectivity index (χ0n) is 13.3. The Kier molecular flexibility index (Phi) is 4.99. The molecule has 0 unspecified atom stereocenters.